The van der Waals surface area contributed by atoms with E-state index in [1.54, 1.807) is 30.3 Å². The molecule has 2 aromatic rings. The van der Waals surface area contributed by atoms with Gasteiger partial charge in [-0.25, -0.2) is 0 Å². The molecule has 22 heavy (non-hydrogen) atoms. The fourth-order valence-electron chi connectivity index (χ4n) is 1.80. The van der Waals surface area contributed by atoms with Gasteiger partial charge in [0.2, 0.25) is 0 Å². The van der Waals surface area contributed by atoms with E-state index in [9.17, 15) is 9.59 Å². The number of nitrogens with one attached hydrogen (secondary N) is 1. The zero-order valence-corrected chi connectivity index (χ0v) is 16.4. The normalized spacial score (nSPS) is 10.3. The summed E-state index contributed by atoms with van der Waals surface area (Å²) >= 11 is 8.88. The van der Waals surface area contributed by atoms with Crippen molar-refractivity contribution >= 4 is 72.0 Å². The van der Waals surface area contributed by atoms with Crippen LogP contribution in [0.5, 0.6) is 0 Å². The Balaban J connectivity index is 2.17. The average Bonchev–Trinajstić information content (AvgIpc) is 2.44. The van der Waals surface area contributed by atoms with Gasteiger partial charge in [0.15, 0.2) is 0 Å². The highest BCUT2D eigenvalue weighted by Gasteiger charge is 2.14. The van der Waals surface area contributed by atoms with Crippen LogP contribution in [0.4, 0.5) is 5.69 Å². The molecule has 0 aliphatic heterocycles. The Hall–Kier alpha value is -0.930. The molecule has 0 bridgehead atoms. The quantitative estimate of drug-likeness (QED) is 0.438. The number of carbonyl (C=O) groups excluding carboxylic acids is 1. The molecular formula is C15H10Br2INO3. The molecule has 2 rings (SSSR count). The van der Waals surface area contributed by atoms with Crippen LogP contribution in [0.15, 0.2) is 45.3 Å². The lowest BCUT2D eigenvalue weighted by Crippen LogP contribution is -2.14. The molecule has 0 saturated heterocycles. The van der Waals surface area contributed by atoms with Crippen molar-refractivity contribution in [2.45, 2.75) is 6.42 Å². The van der Waals surface area contributed by atoms with Gasteiger partial charge in [0.1, 0.15) is 0 Å². The van der Waals surface area contributed by atoms with E-state index in [2.05, 4.69) is 59.8 Å². The van der Waals surface area contributed by atoms with Gasteiger partial charge in [-0.15, -0.1) is 0 Å². The molecule has 0 fully saturated rings. The van der Waals surface area contributed by atoms with Crippen molar-refractivity contribution in [3.05, 3.63) is 60.0 Å². The van der Waals surface area contributed by atoms with Gasteiger partial charge in [-0.1, -0.05) is 28.1 Å². The third kappa shape index (κ3) is 4.53. The number of hydrogen-bond acceptors (Lipinski definition) is 2. The number of anilines is 1. The topological polar surface area (TPSA) is 66.4 Å². The van der Waals surface area contributed by atoms with Crippen LogP contribution in [0.1, 0.15) is 15.9 Å². The standard InChI is InChI=1S/C15H10Br2INO3/c16-9-6-11(14(18)12(17)7-9)15(22)19-10-3-1-8(2-4-10)5-13(20)21/h1-4,6-7H,5H2,(H,19,22)(H,20,21). The fourth-order valence-corrected chi connectivity index (χ4v) is 3.58. The number of hydrogen-bond donors (Lipinski definition) is 2. The first-order valence-electron chi connectivity index (χ1n) is 6.13. The summed E-state index contributed by atoms with van der Waals surface area (Å²) in [7, 11) is 0. The predicted molar refractivity (Wildman–Crippen MR) is 100 cm³/mol. The van der Waals surface area contributed by atoms with Gasteiger partial charge < -0.3 is 10.4 Å². The van der Waals surface area contributed by atoms with E-state index < -0.39 is 5.97 Å². The minimum atomic E-state index is -0.884. The van der Waals surface area contributed by atoms with Gasteiger partial charge in [-0.3, -0.25) is 9.59 Å². The van der Waals surface area contributed by atoms with Crippen LogP contribution in [-0.4, -0.2) is 17.0 Å². The Morgan fingerprint density at radius 2 is 1.77 bits per heavy atom. The third-order valence-electron chi connectivity index (χ3n) is 2.80. The minimum Gasteiger partial charge on any atom is -0.481 e. The Labute approximate surface area is 157 Å². The summed E-state index contributed by atoms with van der Waals surface area (Å²) < 4.78 is 2.46. The molecule has 2 N–H and O–H groups in total. The number of carboxylic acids is 1. The van der Waals surface area contributed by atoms with Crippen molar-refractivity contribution in [3.8, 4) is 0 Å². The molecule has 4 nitrogen and oxygen atoms in total. The van der Waals surface area contributed by atoms with E-state index >= 15 is 0 Å². The number of aliphatic carboxylic acids is 1. The second kappa shape index (κ2) is 7.56. The number of carbonyl (C=O) groups is 2. The predicted octanol–water partition coefficient (Wildman–Crippen LogP) is 4.70. The van der Waals surface area contributed by atoms with E-state index in [1.165, 1.54) is 0 Å². The highest BCUT2D eigenvalue weighted by atomic mass is 127. The SMILES string of the molecule is O=C(O)Cc1ccc(NC(=O)c2cc(Br)cc(Br)c2I)cc1. The molecule has 0 heterocycles. The molecule has 7 heteroatoms. The second-order valence-electron chi connectivity index (χ2n) is 4.47. The van der Waals surface area contributed by atoms with Crippen LogP contribution in [0, 0.1) is 3.57 Å². The first-order valence-corrected chi connectivity index (χ1v) is 8.80. The third-order valence-corrected chi connectivity index (χ3v) is 5.79. The number of rotatable bonds is 4. The van der Waals surface area contributed by atoms with Gasteiger partial charge in [0, 0.05) is 18.2 Å². The first kappa shape index (κ1) is 17.4. The molecule has 0 saturated carbocycles. The summed E-state index contributed by atoms with van der Waals surface area (Å²) in [4.78, 5) is 23.0. The molecular weight excluding hydrogens is 529 g/mol. The second-order valence-corrected chi connectivity index (χ2v) is 7.32. The summed E-state index contributed by atoms with van der Waals surface area (Å²) in [5.41, 5.74) is 1.85. The number of carboxylic acid groups (broad SMARTS) is 1. The van der Waals surface area contributed by atoms with Crippen molar-refractivity contribution < 1.29 is 14.7 Å². The molecule has 1 amide bonds. The fraction of sp³-hybridized carbons (Fsp3) is 0.0667. The number of amides is 1. The maximum Gasteiger partial charge on any atom is 0.307 e. The molecule has 114 valence electrons. The number of halogens is 3. The lowest BCUT2D eigenvalue weighted by Gasteiger charge is -2.09. The lowest BCUT2D eigenvalue weighted by molar-refractivity contribution is -0.136. The molecule has 0 atom stereocenters. The van der Waals surface area contributed by atoms with Crippen molar-refractivity contribution in [1.29, 1.82) is 0 Å². The van der Waals surface area contributed by atoms with Crippen molar-refractivity contribution in [2.75, 3.05) is 5.32 Å². The van der Waals surface area contributed by atoms with Crippen LogP contribution in [-0.2, 0) is 11.2 Å². The van der Waals surface area contributed by atoms with E-state index in [1.807, 2.05) is 6.07 Å². The van der Waals surface area contributed by atoms with Gasteiger partial charge in [0.05, 0.1) is 12.0 Å². The zero-order valence-electron chi connectivity index (χ0n) is 11.1. The maximum absolute atomic E-state index is 12.4. The molecule has 0 spiro atoms. The summed E-state index contributed by atoms with van der Waals surface area (Å²) in [5.74, 6) is -1.11. The Morgan fingerprint density at radius 3 is 2.36 bits per heavy atom. The Morgan fingerprint density at radius 1 is 1.14 bits per heavy atom. The molecule has 0 aliphatic carbocycles. The number of benzene rings is 2. The molecule has 0 radical (unpaired) electrons. The van der Waals surface area contributed by atoms with Gasteiger partial charge in [-0.2, -0.15) is 0 Å². The summed E-state index contributed by atoms with van der Waals surface area (Å²) in [6, 6.07) is 10.4. The van der Waals surface area contributed by atoms with Gasteiger partial charge in [0.25, 0.3) is 5.91 Å². The Bertz CT molecular complexity index is 732. The van der Waals surface area contributed by atoms with Crippen molar-refractivity contribution in [2.24, 2.45) is 0 Å². The van der Waals surface area contributed by atoms with Crippen LogP contribution in [0.25, 0.3) is 0 Å². The highest BCUT2D eigenvalue weighted by molar-refractivity contribution is 14.1. The monoisotopic (exact) mass is 537 g/mol. The largest absolute Gasteiger partial charge is 0.481 e. The molecule has 0 aromatic heterocycles. The van der Waals surface area contributed by atoms with Crippen LogP contribution >= 0.6 is 54.5 Å². The highest BCUT2D eigenvalue weighted by Crippen LogP contribution is 2.28. The van der Waals surface area contributed by atoms with E-state index in [0.717, 1.165) is 12.5 Å². The van der Waals surface area contributed by atoms with E-state index in [-0.39, 0.29) is 12.3 Å². The first-order chi connectivity index (χ1) is 10.4. The molecule has 0 unspecified atom stereocenters. The average molecular weight is 539 g/mol. The smallest absolute Gasteiger partial charge is 0.307 e. The summed E-state index contributed by atoms with van der Waals surface area (Å²) in [6.45, 7) is 0. The van der Waals surface area contributed by atoms with E-state index in [0.29, 0.717) is 16.8 Å². The maximum atomic E-state index is 12.4. The van der Waals surface area contributed by atoms with E-state index in [4.69, 9.17) is 5.11 Å². The van der Waals surface area contributed by atoms with Gasteiger partial charge in [-0.05, 0) is 68.3 Å². The van der Waals surface area contributed by atoms with Crippen molar-refractivity contribution in [1.82, 2.24) is 0 Å². The van der Waals surface area contributed by atoms with Crippen LogP contribution in [0.3, 0.4) is 0 Å². The minimum absolute atomic E-state index is 0.0370. The lowest BCUT2D eigenvalue weighted by atomic mass is 10.1. The van der Waals surface area contributed by atoms with Crippen LogP contribution < -0.4 is 5.32 Å². The summed E-state index contributed by atoms with van der Waals surface area (Å²) in [6.07, 6.45) is -0.0370. The molecule has 0 aliphatic rings. The van der Waals surface area contributed by atoms with Gasteiger partial charge >= 0.3 is 5.97 Å². The van der Waals surface area contributed by atoms with Crippen molar-refractivity contribution in [3.63, 3.8) is 0 Å². The van der Waals surface area contributed by atoms with Crippen LogP contribution in [0.2, 0.25) is 0 Å². The summed E-state index contributed by atoms with van der Waals surface area (Å²) in [5, 5.41) is 11.5. The Kier molecular flexibility index (Phi) is 5.99. The zero-order chi connectivity index (χ0) is 16.3. The molecule has 2 aromatic carbocycles.